The molecule has 7 heteroatoms. The van der Waals surface area contributed by atoms with Crippen molar-refractivity contribution < 1.29 is 14.3 Å². The van der Waals surface area contributed by atoms with Crippen LogP contribution in [0.3, 0.4) is 0 Å². The molecule has 0 aliphatic carbocycles. The number of fused-ring (bicyclic) bond motifs is 1. The maximum absolute atomic E-state index is 13.6. The van der Waals surface area contributed by atoms with E-state index in [0.29, 0.717) is 27.0 Å². The summed E-state index contributed by atoms with van der Waals surface area (Å²) in [5.74, 6) is 0.327. The highest BCUT2D eigenvalue weighted by atomic mass is 32.1. The summed E-state index contributed by atoms with van der Waals surface area (Å²) >= 11 is 1.32. The number of methoxy groups -OCH3 is 1. The Morgan fingerprint density at radius 1 is 1.15 bits per heavy atom. The molecule has 0 N–H and O–H groups in total. The van der Waals surface area contributed by atoms with Gasteiger partial charge in [-0.25, -0.2) is 9.79 Å². The molecule has 2 atom stereocenters. The van der Waals surface area contributed by atoms with E-state index in [1.807, 2.05) is 74.5 Å². The highest BCUT2D eigenvalue weighted by Gasteiger charge is 2.33. The van der Waals surface area contributed by atoms with E-state index in [4.69, 9.17) is 9.47 Å². The Labute approximate surface area is 202 Å². The van der Waals surface area contributed by atoms with Crippen LogP contribution < -0.4 is 19.6 Å². The molecule has 0 fully saturated rings. The van der Waals surface area contributed by atoms with Crippen molar-refractivity contribution in [2.45, 2.75) is 45.8 Å². The molecule has 0 saturated carbocycles. The smallest absolute Gasteiger partial charge is 0.338 e. The van der Waals surface area contributed by atoms with Gasteiger partial charge in [-0.05, 0) is 49.1 Å². The zero-order valence-corrected chi connectivity index (χ0v) is 20.6. The van der Waals surface area contributed by atoms with Crippen molar-refractivity contribution in [1.29, 1.82) is 0 Å². The number of allylic oxidation sites excluding steroid dienone is 1. The number of hydrogen-bond acceptors (Lipinski definition) is 6. The molecule has 0 amide bonds. The van der Waals surface area contributed by atoms with E-state index in [-0.39, 0.29) is 11.7 Å². The second kappa shape index (κ2) is 10.2. The molecule has 2 aromatic carbocycles. The van der Waals surface area contributed by atoms with Gasteiger partial charge in [-0.3, -0.25) is 9.36 Å². The number of carbonyl (C=O) groups is 1. The number of aromatic nitrogens is 1. The third-order valence-electron chi connectivity index (χ3n) is 5.86. The molecule has 1 aliphatic heterocycles. The van der Waals surface area contributed by atoms with Crippen LogP contribution >= 0.6 is 11.3 Å². The molecule has 34 heavy (non-hydrogen) atoms. The number of benzene rings is 2. The first kappa shape index (κ1) is 23.7. The number of rotatable bonds is 7. The largest absolute Gasteiger partial charge is 0.491 e. The zero-order chi connectivity index (χ0) is 24.2. The Balaban J connectivity index is 1.84. The average Bonchev–Trinajstić information content (AvgIpc) is 3.18. The van der Waals surface area contributed by atoms with Gasteiger partial charge in [-0.2, -0.15) is 0 Å². The Bertz CT molecular complexity index is 1390. The molecule has 6 nitrogen and oxygen atoms in total. The Kier molecular flexibility index (Phi) is 7.12. The fraction of sp³-hybridized carbons (Fsp3) is 0.296. The lowest BCUT2D eigenvalue weighted by atomic mass is 9.95. The van der Waals surface area contributed by atoms with E-state index < -0.39 is 12.0 Å². The standard InChI is InChI=1S/C27H28N2O4S/c1-5-17(3)33-20-14-12-18(13-15-20)16-22-25(30)29-24(19-10-8-7-9-11-19)23(26(31)32-4)21(6-2)28-27(29)34-22/h7-17,24H,5-6H2,1-4H3/b22-16-/t17-,24+/m0/s1. The number of carbonyl (C=O) groups excluding carboxylic acids is 1. The van der Waals surface area contributed by atoms with Crippen LogP contribution in [0.5, 0.6) is 5.75 Å². The quantitative estimate of drug-likeness (QED) is 0.484. The molecule has 3 aromatic rings. The van der Waals surface area contributed by atoms with Crippen molar-refractivity contribution in [3.8, 4) is 5.75 Å². The van der Waals surface area contributed by atoms with E-state index in [1.165, 1.54) is 18.4 Å². The summed E-state index contributed by atoms with van der Waals surface area (Å²) in [4.78, 5) is 31.6. The van der Waals surface area contributed by atoms with Gasteiger partial charge in [0.1, 0.15) is 5.75 Å². The minimum absolute atomic E-state index is 0.143. The van der Waals surface area contributed by atoms with Crippen LogP contribution in [0.15, 0.2) is 75.7 Å². The number of nitrogens with zero attached hydrogens (tertiary/aromatic N) is 2. The highest BCUT2D eigenvalue weighted by molar-refractivity contribution is 7.07. The minimum atomic E-state index is -0.590. The Morgan fingerprint density at radius 2 is 1.85 bits per heavy atom. The fourth-order valence-corrected chi connectivity index (χ4v) is 4.94. The summed E-state index contributed by atoms with van der Waals surface area (Å²) in [5.41, 5.74) is 2.58. The van der Waals surface area contributed by atoms with E-state index in [1.54, 1.807) is 4.57 Å². The normalized spacial score (nSPS) is 16.6. The van der Waals surface area contributed by atoms with E-state index in [0.717, 1.165) is 23.3 Å². The second-order valence-electron chi connectivity index (χ2n) is 8.10. The lowest BCUT2D eigenvalue weighted by molar-refractivity contribution is -0.136. The van der Waals surface area contributed by atoms with Crippen molar-refractivity contribution in [2.24, 2.45) is 4.99 Å². The van der Waals surface area contributed by atoms with Gasteiger partial charge < -0.3 is 9.47 Å². The molecule has 1 aliphatic rings. The first-order chi connectivity index (χ1) is 16.5. The molecule has 0 radical (unpaired) electrons. The summed E-state index contributed by atoms with van der Waals surface area (Å²) in [6.45, 7) is 6.06. The molecular formula is C27H28N2O4S. The van der Waals surface area contributed by atoms with Gasteiger partial charge >= 0.3 is 5.97 Å². The Hall–Kier alpha value is -3.45. The van der Waals surface area contributed by atoms with E-state index in [9.17, 15) is 9.59 Å². The average molecular weight is 477 g/mol. The van der Waals surface area contributed by atoms with Crippen LogP contribution in [0.25, 0.3) is 6.08 Å². The summed E-state index contributed by atoms with van der Waals surface area (Å²) in [6, 6.07) is 16.6. The number of esters is 1. The first-order valence-corrected chi connectivity index (χ1v) is 12.2. The molecule has 0 unspecified atom stereocenters. The van der Waals surface area contributed by atoms with E-state index >= 15 is 0 Å². The minimum Gasteiger partial charge on any atom is -0.491 e. The number of thiazole rings is 1. The van der Waals surface area contributed by atoms with Gasteiger partial charge in [0.25, 0.3) is 5.56 Å². The van der Waals surface area contributed by atoms with E-state index in [2.05, 4.69) is 11.9 Å². The van der Waals surface area contributed by atoms with Crippen LogP contribution in [0.2, 0.25) is 0 Å². The zero-order valence-electron chi connectivity index (χ0n) is 19.8. The van der Waals surface area contributed by atoms with Gasteiger partial charge in [-0.15, -0.1) is 0 Å². The van der Waals surface area contributed by atoms with Crippen LogP contribution in [0.4, 0.5) is 0 Å². The summed E-state index contributed by atoms with van der Waals surface area (Å²) in [7, 11) is 1.35. The molecule has 176 valence electrons. The maximum Gasteiger partial charge on any atom is 0.338 e. The molecule has 4 rings (SSSR count). The van der Waals surface area contributed by atoms with Crippen LogP contribution in [0.1, 0.15) is 50.8 Å². The third kappa shape index (κ3) is 4.61. The Morgan fingerprint density at radius 3 is 2.47 bits per heavy atom. The first-order valence-electron chi connectivity index (χ1n) is 11.4. The summed E-state index contributed by atoms with van der Waals surface area (Å²) < 4.78 is 13.1. The summed E-state index contributed by atoms with van der Waals surface area (Å²) in [5, 5.41) is 0. The predicted octanol–water partition coefficient (Wildman–Crippen LogP) is 3.98. The van der Waals surface area contributed by atoms with Crippen molar-refractivity contribution in [1.82, 2.24) is 4.57 Å². The van der Waals surface area contributed by atoms with Crippen molar-refractivity contribution >= 4 is 23.4 Å². The van der Waals surface area contributed by atoms with Gasteiger partial charge in [0, 0.05) is 0 Å². The highest BCUT2D eigenvalue weighted by Crippen LogP contribution is 2.31. The summed E-state index contributed by atoms with van der Waals surface area (Å²) in [6.07, 6.45) is 3.48. The molecular weight excluding hydrogens is 448 g/mol. The second-order valence-corrected chi connectivity index (χ2v) is 9.11. The van der Waals surface area contributed by atoms with Gasteiger partial charge in [0.2, 0.25) is 0 Å². The lowest BCUT2D eigenvalue weighted by Gasteiger charge is -2.25. The van der Waals surface area contributed by atoms with Crippen molar-refractivity contribution in [3.05, 3.63) is 96.7 Å². The number of hydrogen-bond donors (Lipinski definition) is 0. The molecule has 0 bridgehead atoms. The number of ether oxygens (including phenoxy) is 2. The molecule has 1 aromatic heterocycles. The SMILES string of the molecule is CCC1=C(C(=O)OC)[C@@H](c2ccccc2)n2c(s/c(=C\c3ccc(O[C@@H](C)CC)cc3)c2=O)=N1. The monoisotopic (exact) mass is 476 g/mol. The molecule has 0 spiro atoms. The van der Waals surface area contributed by atoms with Gasteiger partial charge in [-0.1, -0.05) is 67.6 Å². The maximum atomic E-state index is 13.6. The van der Waals surface area contributed by atoms with Crippen LogP contribution in [-0.2, 0) is 9.53 Å². The molecule has 0 saturated heterocycles. The van der Waals surface area contributed by atoms with Gasteiger partial charge in [0.15, 0.2) is 4.80 Å². The fourth-order valence-electron chi connectivity index (χ4n) is 3.92. The third-order valence-corrected chi connectivity index (χ3v) is 6.84. The predicted molar refractivity (Wildman–Crippen MR) is 134 cm³/mol. The molecule has 2 heterocycles. The topological polar surface area (TPSA) is 69.9 Å². The van der Waals surface area contributed by atoms with Crippen LogP contribution in [0, 0.1) is 0 Å². The van der Waals surface area contributed by atoms with Gasteiger partial charge in [0.05, 0.1) is 35.1 Å². The lowest BCUT2D eigenvalue weighted by Crippen LogP contribution is -2.40. The van der Waals surface area contributed by atoms with Crippen molar-refractivity contribution in [3.63, 3.8) is 0 Å². The van der Waals surface area contributed by atoms with Crippen molar-refractivity contribution in [2.75, 3.05) is 7.11 Å². The van der Waals surface area contributed by atoms with Crippen LogP contribution in [-0.4, -0.2) is 23.8 Å².